The summed E-state index contributed by atoms with van der Waals surface area (Å²) in [5, 5.41) is 8.63. The van der Waals surface area contributed by atoms with E-state index in [1.165, 1.54) is 4.90 Å². The molecule has 0 fully saturated rings. The van der Waals surface area contributed by atoms with E-state index in [0.29, 0.717) is 30.3 Å². The van der Waals surface area contributed by atoms with Crippen LogP contribution in [0, 0.1) is 0 Å². The van der Waals surface area contributed by atoms with E-state index in [9.17, 15) is 9.59 Å². The van der Waals surface area contributed by atoms with E-state index in [1.807, 2.05) is 0 Å². The molecule has 1 amide bonds. The Labute approximate surface area is 116 Å². The van der Waals surface area contributed by atoms with Crippen LogP contribution in [0.5, 0.6) is 11.5 Å². The zero-order valence-corrected chi connectivity index (χ0v) is 11.3. The topological polar surface area (TPSA) is 76.1 Å². The SMILES string of the molecule is CN(CCC(=O)O)C(=O)c1ccc2c(c1)OCCCO2. The summed E-state index contributed by atoms with van der Waals surface area (Å²) in [5.74, 6) is 0.0254. The molecule has 108 valence electrons. The first kappa shape index (κ1) is 14.2. The van der Waals surface area contributed by atoms with Crippen LogP contribution < -0.4 is 9.47 Å². The number of amides is 1. The zero-order valence-electron chi connectivity index (χ0n) is 11.3. The molecular formula is C14H17NO5. The molecule has 6 nitrogen and oxygen atoms in total. The van der Waals surface area contributed by atoms with E-state index in [0.717, 1.165) is 6.42 Å². The van der Waals surface area contributed by atoms with Gasteiger partial charge in [-0.1, -0.05) is 0 Å². The molecule has 0 atom stereocenters. The lowest BCUT2D eigenvalue weighted by Crippen LogP contribution is -2.29. The van der Waals surface area contributed by atoms with Gasteiger partial charge in [-0.15, -0.1) is 0 Å². The minimum atomic E-state index is -0.927. The summed E-state index contributed by atoms with van der Waals surface area (Å²) in [6, 6.07) is 5.01. The van der Waals surface area contributed by atoms with Crippen LogP contribution in [0.3, 0.4) is 0 Å². The third-order valence-electron chi connectivity index (χ3n) is 3.00. The molecule has 1 heterocycles. The number of carboxylic acid groups (broad SMARTS) is 1. The summed E-state index contributed by atoms with van der Waals surface area (Å²) in [6.07, 6.45) is 0.725. The highest BCUT2D eigenvalue weighted by Gasteiger charge is 2.17. The van der Waals surface area contributed by atoms with Crippen LogP contribution in [-0.2, 0) is 4.79 Å². The maximum absolute atomic E-state index is 12.2. The molecule has 1 aromatic rings. The minimum Gasteiger partial charge on any atom is -0.490 e. The molecule has 1 aromatic carbocycles. The summed E-state index contributed by atoms with van der Waals surface area (Å²) in [4.78, 5) is 24.1. The molecule has 0 unspecified atom stereocenters. The fourth-order valence-electron chi connectivity index (χ4n) is 1.88. The van der Waals surface area contributed by atoms with Gasteiger partial charge in [0, 0.05) is 25.6 Å². The molecule has 1 aliphatic heterocycles. The average Bonchev–Trinajstić information content (AvgIpc) is 2.68. The van der Waals surface area contributed by atoms with Crippen molar-refractivity contribution in [2.75, 3.05) is 26.8 Å². The number of hydrogen-bond donors (Lipinski definition) is 1. The second-order valence-electron chi connectivity index (χ2n) is 4.58. The van der Waals surface area contributed by atoms with Crippen molar-refractivity contribution in [3.63, 3.8) is 0 Å². The Bertz CT molecular complexity index is 514. The van der Waals surface area contributed by atoms with Crippen molar-refractivity contribution >= 4 is 11.9 Å². The molecule has 0 radical (unpaired) electrons. The molecule has 0 spiro atoms. The first-order valence-electron chi connectivity index (χ1n) is 6.45. The van der Waals surface area contributed by atoms with Gasteiger partial charge in [-0.25, -0.2) is 0 Å². The Morgan fingerprint density at radius 2 is 1.95 bits per heavy atom. The van der Waals surface area contributed by atoms with Gasteiger partial charge in [0.1, 0.15) is 0 Å². The minimum absolute atomic E-state index is 0.0766. The van der Waals surface area contributed by atoms with Crippen LogP contribution in [0.2, 0.25) is 0 Å². The van der Waals surface area contributed by atoms with E-state index in [-0.39, 0.29) is 18.9 Å². The molecule has 1 aliphatic rings. The van der Waals surface area contributed by atoms with Crippen molar-refractivity contribution in [1.82, 2.24) is 4.90 Å². The van der Waals surface area contributed by atoms with E-state index < -0.39 is 5.97 Å². The molecule has 0 aromatic heterocycles. The largest absolute Gasteiger partial charge is 0.490 e. The van der Waals surface area contributed by atoms with Crippen molar-refractivity contribution in [2.45, 2.75) is 12.8 Å². The Balaban J connectivity index is 2.10. The van der Waals surface area contributed by atoms with Gasteiger partial charge in [0.15, 0.2) is 11.5 Å². The molecule has 0 saturated carbocycles. The number of aliphatic carboxylic acids is 1. The van der Waals surface area contributed by atoms with E-state index >= 15 is 0 Å². The van der Waals surface area contributed by atoms with Gasteiger partial charge in [-0.2, -0.15) is 0 Å². The van der Waals surface area contributed by atoms with Crippen LogP contribution in [0.15, 0.2) is 18.2 Å². The van der Waals surface area contributed by atoms with Gasteiger partial charge in [0.25, 0.3) is 5.91 Å². The molecule has 2 rings (SSSR count). The molecule has 0 saturated heterocycles. The first-order chi connectivity index (χ1) is 9.58. The third-order valence-corrected chi connectivity index (χ3v) is 3.00. The summed E-state index contributed by atoms with van der Waals surface area (Å²) in [5.41, 5.74) is 0.460. The number of carboxylic acids is 1. The van der Waals surface area contributed by atoms with Crippen LogP contribution in [-0.4, -0.2) is 48.7 Å². The van der Waals surface area contributed by atoms with Crippen molar-refractivity contribution in [1.29, 1.82) is 0 Å². The van der Waals surface area contributed by atoms with Crippen LogP contribution >= 0.6 is 0 Å². The highest BCUT2D eigenvalue weighted by molar-refractivity contribution is 5.95. The lowest BCUT2D eigenvalue weighted by molar-refractivity contribution is -0.137. The molecule has 0 bridgehead atoms. The quantitative estimate of drug-likeness (QED) is 0.901. The second-order valence-corrected chi connectivity index (χ2v) is 4.58. The smallest absolute Gasteiger partial charge is 0.305 e. The number of benzene rings is 1. The van der Waals surface area contributed by atoms with Crippen LogP contribution in [0.25, 0.3) is 0 Å². The summed E-state index contributed by atoms with van der Waals surface area (Å²) in [7, 11) is 1.58. The standard InChI is InChI=1S/C14H17NO5/c1-15(6-5-13(16)17)14(18)10-3-4-11-12(9-10)20-8-2-7-19-11/h3-4,9H,2,5-8H2,1H3,(H,16,17). The number of nitrogens with zero attached hydrogens (tertiary/aromatic N) is 1. The number of carbonyl (C=O) groups excluding carboxylic acids is 1. The Morgan fingerprint density at radius 1 is 1.25 bits per heavy atom. The molecule has 1 N–H and O–H groups in total. The highest BCUT2D eigenvalue weighted by atomic mass is 16.5. The Hall–Kier alpha value is -2.24. The molecule has 20 heavy (non-hydrogen) atoms. The van der Waals surface area contributed by atoms with Crippen LogP contribution in [0.4, 0.5) is 0 Å². The van der Waals surface area contributed by atoms with Gasteiger partial charge in [0.05, 0.1) is 19.6 Å². The van der Waals surface area contributed by atoms with Gasteiger partial charge >= 0.3 is 5.97 Å². The number of hydrogen-bond acceptors (Lipinski definition) is 4. The fourth-order valence-corrected chi connectivity index (χ4v) is 1.88. The summed E-state index contributed by atoms with van der Waals surface area (Å²) in [6.45, 7) is 1.32. The van der Waals surface area contributed by atoms with Gasteiger partial charge in [-0.05, 0) is 18.2 Å². The van der Waals surface area contributed by atoms with Crippen molar-refractivity contribution in [2.24, 2.45) is 0 Å². The van der Waals surface area contributed by atoms with Crippen molar-refractivity contribution in [3.8, 4) is 11.5 Å². The Kier molecular flexibility index (Phi) is 4.45. The molecular weight excluding hydrogens is 262 g/mol. The number of ether oxygens (including phenoxy) is 2. The number of fused-ring (bicyclic) bond motifs is 1. The molecule has 6 heteroatoms. The predicted molar refractivity (Wildman–Crippen MR) is 71.3 cm³/mol. The average molecular weight is 279 g/mol. The lowest BCUT2D eigenvalue weighted by Gasteiger charge is -2.17. The van der Waals surface area contributed by atoms with Gasteiger partial charge in [-0.3, -0.25) is 9.59 Å². The maximum atomic E-state index is 12.2. The fraction of sp³-hybridized carbons (Fsp3) is 0.429. The second kappa shape index (κ2) is 6.27. The maximum Gasteiger partial charge on any atom is 0.305 e. The Morgan fingerprint density at radius 3 is 2.65 bits per heavy atom. The highest BCUT2D eigenvalue weighted by Crippen LogP contribution is 2.30. The molecule has 0 aliphatic carbocycles. The predicted octanol–water partition coefficient (Wildman–Crippen LogP) is 1.39. The number of carbonyl (C=O) groups is 2. The lowest BCUT2D eigenvalue weighted by atomic mass is 10.1. The van der Waals surface area contributed by atoms with Gasteiger partial charge in [0.2, 0.25) is 0 Å². The normalized spacial score (nSPS) is 13.4. The van der Waals surface area contributed by atoms with E-state index in [4.69, 9.17) is 14.6 Å². The van der Waals surface area contributed by atoms with Crippen molar-refractivity contribution in [3.05, 3.63) is 23.8 Å². The zero-order chi connectivity index (χ0) is 14.5. The third kappa shape index (κ3) is 3.40. The summed E-state index contributed by atoms with van der Waals surface area (Å²) < 4.78 is 11.0. The monoisotopic (exact) mass is 279 g/mol. The van der Waals surface area contributed by atoms with E-state index in [2.05, 4.69) is 0 Å². The van der Waals surface area contributed by atoms with E-state index in [1.54, 1.807) is 25.2 Å². The number of rotatable bonds is 4. The van der Waals surface area contributed by atoms with Gasteiger partial charge < -0.3 is 19.5 Å². The summed E-state index contributed by atoms with van der Waals surface area (Å²) >= 11 is 0. The van der Waals surface area contributed by atoms with Crippen molar-refractivity contribution < 1.29 is 24.2 Å². The first-order valence-corrected chi connectivity index (χ1v) is 6.45. The van der Waals surface area contributed by atoms with Crippen LogP contribution in [0.1, 0.15) is 23.2 Å².